The van der Waals surface area contributed by atoms with Gasteiger partial charge in [-0.3, -0.25) is 9.59 Å². The lowest BCUT2D eigenvalue weighted by atomic mass is 10.1. The number of carbonyl (C=O) groups excluding carboxylic acids is 2. The minimum Gasteiger partial charge on any atom is -0.467 e. The van der Waals surface area contributed by atoms with Crippen LogP contribution < -0.4 is 10.2 Å². The third-order valence-corrected chi connectivity index (χ3v) is 5.21. The molecule has 2 aromatic rings. The molecule has 3 rings (SSSR count). The van der Waals surface area contributed by atoms with E-state index in [1.54, 1.807) is 30.2 Å². The smallest absolute Gasteiger partial charge is 0.252 e. The number of furan rings is 1. The molecule has 1 N–H and O–H groups in total. The van der Waals surface area contributed by atoms with E-state index in [0.29, 0.717) is 12.3 Å². The first-order chi connectivity index (χ1) is 11.1. The fourth-order valence-electron chi connectivity index (χ4n) is 2.60. The predicted molar refractivity (Wildman–Crippen MR) is 89.3 cm³/mol. The fraction of sp³-hybridized carbons (Fsp3) is 0.294. The summed E-state index contributed by atoms with van der Waals surface area (Å²) < 4.78 is 4.03. The molecule has 5 nitrogen and oxygen atoms in total. The highest BCUT2D eigenvalue weighted by molar-refractivity contribution is 8.02. The maximum Gasteiger partial charge on any atom is 0.252 e. The zero-order chi connectivity index (χ0) is 16.4. The van der Waals surface area contributed by atoms with Crippen molar-refractivity contribution >= 4 is 29.3 Å². The molecule has 1 aliphatic heterocycles. The molecule has 1 aromatic heterocycles. The second kappa shape index (κ2) is 6.12. The van der Waals surface area contributed by atoms with Gasteiger partial charge in [0.1, 0.15) is 5.76 Å². The Hall–Kier alpha value is -2.21. The van der Waals surface area contributed by atoms with Crippen molar-refractivity contribution in [3.05, 3.63) is 48.4 Å². The lowest BCUT2D eigenvalue weighted by molar-refractivity contribution is -0.131. The van der Waals surface area contributed by atoms with Gasteiger partial charge >= 0.3 is 0 Å². The average Bonchev–Trinajstić information content (AvgIpc) is 3.07. The number of benzene rings is 1. The molecule has 0 bridgehead atoms. The molecule has 1 atom stereocenters. The van der Waals surface area contributed by atoms with Gasteiger partial charge < -0.3 is 14.6 Å². The number of anilines is 1. The van der Waals surface area contributed by atoms with E-state index in [1.165, 1.54) is 11.8 Å². The molecule has 2 heterocycles. The molecule has 1 unspecified atom stereocenters. The maximum atomic E-state index is 12.9. The quantitative estimate of drug-likeness (QED) is 0.876. The third kappa shape index (κ3) is 2.74. The van der Waals surface area contributed by atoms with Gasteiger partial charge in [-0.25, -0.2) is 0 Å². The fourth-order valence-corrected chi connectivity index (χ4v) is 3.84. The summed E-state index contributed by atoms with van der Waals surface area (Å²) in [7, 11) is 0. The molecular weight excluding hydrogens is 312 g/mol. The van der Waals surface area contributed by atoms with E-state index in [-0.39, 0.29) is 18.4 Å². The summed E-state index contributed by atoms with van der Waals surface area (Å²) in [6, 6.07) is 11.2. The van der Waals surface area contributed by atoms with Gasteiger partial charge in [-0.15, -0.1) is 0 Å². The lowest BCUT2D eigenvalue weighted by Crippen LogP contribution is -2.56. The predicted octanol–water partition coefficient (Wildman–Crippen LogP) is 2.81. The molecule has 120 valence electrons. The minimum atomic E-state index is -1.18. The SMILES string of the molecule is CCN1C(=O)C(C)(C(=O)NCc2ccco2)Sc2ccccc21. The van der Waals surface area contributed by atoms with Crippen LogP contribution in [-0.2, 0) is 16.1 Å². The first-order valence-electron chi connectivity index (χ1n) is 7.47. The van der Waals surface area contributed by atoms with Crippen LogP contribution in [0.2, 0.25) is 0 Å². The Balaban J connectivity index is 1.85. The summed E-state index contributed by atoms with van der Waals surface area (Å²) in [5.41, 5.74) is 0.862. The van der Waals surface area contributed by atoms with E-state index in [2.05, 4.69) is 5.32 Å². The second-order valence-electron chi connectivity index (χ2n) is 5.41. The summed E-state index contributed by atoms with van der Waals surface area (Å²) in [5.74, 6) is 0.153. The van der Waals surface area contributed by atoms with Crippen molar-refractivity contribution in [3.8, 4) is 0 Å². The monoisotopic (exact) mass is 330 g/mol. The van der Waals surface area contributed by atoms with Crippen LogP contribution in [-0.4, -0.2) is 23.1 Å². The van der Waals surface area contributed by atoms with Crippen molar-refractivity contribution in [3.63, 3.8) is 0 Å². The number of fused-ring (bicyclic) bond motifs is 1. The topological polar surface area (TPSA) is 62.6 Å². The van der Waals surface area contributed by atoms with Crippen molar-refractivity contribution in [1.29, 1.82) is 0 Å². The molecule has 0 aliphatic carbocycles. The number of hydrogen-bond acceptors (Lipinski definition) is 4. The highest BCUT2D eigenvalue weighted by Gasteiger charge is 2.48. The summed E-state index contributed by atoms with van der Waals surface area (Å²) in [6.45, 7) is 4.38. The van der Waals surface area contributed by atoms with Gasteiger partial charge in [0.25, 0.3) is 5.91 Å². The Bertz CT molecular complexity index is 729. The van der Waals surface area contributed by atoms with E-state index in [4.69, 9.17) is 4.42 Å². The molecule has 23 heavy (non-hydrogen) atoms. The van der Waals surface area contributed by atoms with Crippen LogP contribution in [0.5, 0.6) is 0 Å². The zero-order valence-electron chi connectivity index (χ0n) is 13.0. The largest absolute Gasteiger partial charge is 0.467 e. The lowest BCUT2D eigenvalue weighted by Gasteiger charge is -2.38. The van der Waals surface area contributed by atoms with Gasteiger partial charge in [0.05, 0.1) is 18.5 Å². The molecule has 1 aromatic carbocycles. The zero-order valence-corrected chi connectivity index (χ0v) is 13.9. The Morgan fingerprint density at radius 2 is 2.09 bits per heavy atom. The Labute approximate surface area is 139 Å². The van der Waals surface area contributed by atoms with E-state index in [9.17, 15) is 9.59 Å². The van der Waals surface area contributed by atoms with Crippen molar-refractivity contribution in [2.24, 2.45) is 0 Å². The highest BCUT2D eigenvalue weighted by Crippen LogP contribution is 2.45. The number of nitrogens with one attached hydrogen (secondary N) is 1. The van der Waals surface area contributed by atoms with Gasteiger partial charge in [-0.05, 0) is 38.1 Å². The summed E-state index contributed by atoms with van der Waals surface area (Å²) in [4.78, 5) is 28.1. The minimum absolute atomic E-state index is 0.194. The normalized spacial score (nSPS) is 20.3. The van der Waals surface area contributed by atoms with Crippen LogP contribution in [0.4, 0.5) is 5.69 Å². The number of carbonyl (C=O) groups is 2. The molecule has 6 heteroatoms. The standard InChI is InChI=1S/C17H18N2O3S/c1-3-19-13-8-4-5-9-14(13)23-17(2,16(19)21)15(20)18-11-12-7-6-10-22-12/h4-10H,3,11H2,1-2H3,(H,18,20). The number of para-hydroxylation sites is 1. The molecule has 0 saturated heterocycles. The molecule has 0 saturated carbocycles. The number of hydrogen-bond donors (Lipinski definition) is 1. The highest BCUT2D eigenvalue weighted by atomic mass is 32.2. The van der Waals surface area contributed by atoms with Gasteiger partial charge in [-0.1, -0.05) is 23.9 Å². The molecular formula is C17H18N2O3S. The van der Waals surface area contributed by atoms with Crippen molar-refractivity contribution in [2.45, 2.75) is 30.0 Å². The molecule has 1 aliphatic rings. The van der Waals surface area contributed by atoms with Crippen LogP contribution in [0, 0.1) is 0 Å². The number of amides is 2. The van der Waals surface area contributed by atoms with Gasteiger partial charge in [0.15, 0.2) is 4.75 Å². The number of nitrogens with zero attached hydrogens (tertiary/aromatic N) is 1. The second-order valence-corrected chi connectivity index (χ2v) is 6.87. The van der Waals surface area contributed by atoms with Gasteiger partial charge in [0, 0.05) is 11.4 Å². The number of rotatable bonds is 4. The van der Waals surface area contributed by atoms with Crippen molar-refractivity contribution < 1.29 is 14.0 Å². The van der Waals surface area contributed by atoms with E-state index >= 15 is 0 Å². The Morgan fingerprint density at radius 3 is 2.78 bits per heavy atom. The van der Waals surface area contributed by atoms with Gasteiger partial charge in [0.2, 0.25) is 5.91 Å². The van der Waals surface area contributed by atoms with Crippen LogP contribution in [0.25, 0.3) is 0 Å². The summed E-state index contributed by atoms with van der Waals surface area (Å²) in [5, 5.41) is 2.80. The Kier molecular flexibility index (Phi) is 4.17. The van der Waals surface area contributed by atoms with E-state index < -0.39 is 4.75 Å². The average molecular weight is 330 g/mol. The van der Waals surface area contributed by atoms with E-state index in [0.717, 1.165) is 10.6 Å². The molecule has 0 fully saturated rings. The third-order valence-electron chi connectivity index (χ3n) is 3.88. The van der Waals surface area contributed by atoms with Crippen molar-refractivity contribution in [1.82, 2.24) is 5.32 Å². The van der Waals surface area contributed by atoms with Crippen LogP contribution in [0.15, 0.2) is 52.0 Å². The van der Waals surface area contributed by atoms with Crippen LogP contribution >= 0.6 is 11.8 Å². The summed E-state index contributed by atoms with van der Waals surface area (Å²) in [6.07, 6.45) is 1.55. The molecule has 0 radical (unpaired) electrons. The number of thioether (sulfide) groups is 1. The molecule has 0 spiro atoms. The van der Waals surface area contributed by atoms with Gasteiger partial charge in [-0.2, -0.15) is 0 Å². The van der Waals surface area contributed by atoms with E-state index in [1.807, 2.05) is 31.2 Å². The molecule has 2 amide bonds. The first kappa shape index (κ1) is 15.7. The van der Waals surface area contributed by atoms with Crippen LogP contribution in [0.3, 0.4) is 0 Å². The first-order valence-corrected chi connectivity index (χ1v) is 8.28. The summed E-state index contributed by atoms with van der Waals surface area (Å²) >= 11 is 1.30. The maximum absolute atomic E-state index is 12.9. The van der Waals surface area contributed by atoms with Crippen LogP contribution in [0.1, 0.15) is 19.6 Å². The van der Waals surface area contributed by atoms with Crippen molar-refractivity contribution in [2.75, 3.05) is 11.4 Å². The Morgan fingerprint density at radius 1 is 1.30 bits per heavy atom.